The van der Waals surface area contributed by atoms with E-state index in [1.54, 1.807) is 4.68 Å². The van der Waals surface area contributed by atoms with Crippen LogP contribution in [0.4, 0.5) is 10.5 Å². The monoisotopic (exact) mass is 530 g/mol. The summed E-state index contributed by atoms with van der Waals surface area (Å²) >= 11 is 0. The summed E-state index contributed by atoms with van der Waals surface area (Å²) in [6.07, 6.45) is 1.51. The number of para-hydroxylation sites is 1. The summed E-state index contributed by atoms with van der Waals surface area (Å²) in [6.45, 7) is 7.75. The molecule has 3 aromatic rings. The number of rotatable bonds is 5. The summed E-state index contributed by atoms with van der Waals surface area (Å²) in [5, 5.41) is 8.31. The highest BCUT2D eigenvalue weighted by atomic mass is 16.6. The third-order valence-corrected chi connectivity index (χ3v) is 7.55. The first kappa shape index (κ1) is 25.2. The van der Waals surface area contributed by atoms with Crippen molar-refractivity contribution >= 4 is 17.7 Å². The number of hydrogen-bond acceptors (Lipinski definition) is 7. The average Bonchev–Trinajstić information content (AvgIpc) is 3.61. The van der Waals surface area contributed by atoms with Crippen LogP contribution < -0.4 is 15.8 Å². The molecule has 1 aromatic heterocycles. The fraction of sp³-hybridized carbons (Fsp3) is 0.414. The predicted octanol–water partition coefficient (Wildman–Crippen LogP) is 4.31. The van der Waals surface area contributed by atoms with Gasteiger partial charge < -0.3 is 25.4 Å². The third-order valence-electron chi connectivity index (χ3n) is 7.55. The van der Waals surface area contributed by atoms with E-state index >= 15 is 0 Å². The summed E-state index contributed by atoms with van der Waals surface area (Å²) in [4.78, 5) is 29.7. The molecule has 2 amide bonds. The number of fused-ring (bicyclic) bond motifs is 3. The first-order valence-corrected chi connectivity index (χ1v) is 13.4. The van der Waals surface area contributed by atoms with Crippen LogP contribution in [0, 0.1) is 0 Å². The van der Waals surface area contributed by atoms with Crippen molar-refractivity contribution in [3.8, 4) is 17.2 Å². The highest BCUT2D eigenvalue weighted by molar-refractivity contribution is 5.98. The minimum atomic E-state index is -0.541. The Morgan fingerprint density at radius 2 is 1.72 bits per heavy atom. The van der Waals surface area contributed by atoms with Crippen LogP contribution in [0.5, 0.6) is 11.5 Å². The Balaban J connectivity index is 1.24. The van der Waals surface area contributed by atoms with Crippen LogP contribution in [0.2, 0.25) is 0 Å². The first-order valence-electron chi connectivity index (χ1n) is 13.4. The van der Waals surface area contributed by atoms with Gasteiger partial charge in [-0.3, -0.25) is 9.69 Å². The van der Waals surface area contributed by atoms with Crippen molar-refractivity contribution in [1.82, 2.24) is 19.6 Å². The molecule has 3 aliphatic heterocycles. The summed E-state index contributed by atoms with van der Waals surface area (Å²) in [5.74, 6) is 0.886. The topological polar surface area (TPSA) is 115 Å². The minimum absolute atomic E-state index is 0.0251. The van der Waals surface area contributed by atoms with Gasteiger partial charge in [0.1, 0.15) is 22.8 Å². The third kappa shape index (κ3) is 4.80. The molecule has 0 spiro atoms. The van der Waals surface area contributed by atoms with E-state index in [1.807, 2.05) is 80.3 Å². The van der Waals surface area contributed by atoms with Crippen molar-refractivity contribution in [2.75, 3.05) is 25.0 Å². The van der Waals surface area contributed by atoms with Crippen molar-refractivity contribution in [3.63, 3.8) is 0 Å². The van der Waals surface area contributed by atoms with Crippen LogP contribution in [-0.2, 0) is 4.74 Å². The summed E-state index contributed by atoms with van der Waals surface area (Å²) < 4.78 is 13.2. The van der Waals surface area contributed by atoms with Gasteiger partial charge in [-0.15, -0.1) is 0 Å². The fourth-order valence-electron chi connectivity index (χ4n) is 5.95. The Bertz CT molecular complexity index is 1380. The lowest BCUT2D eigenvalue weighted by atomic mass is 10.0. The van der Waals surface area contributed by atoms with E-state index in [0.717, 1.165) is 36.5 Å². The second kappa shape index (κ2) is 9.60. The van der Waals surface area contributed by atoms with Crippen LogP contribution >= 0.6 is 0 Å². The molecule has 3 atom stereocenters. The van der Waals surface area contributed by atoms with Crippen LogP contribution in [0.15, 0.2) is 54.6 Å². The maximum atomic E-state index is 12.7. The molecule has 10 heteroatoms. The molecule has 0 saturated carbocycles. The number of benzene rings is 2. The Morgan fingerprint density at radius 3 is 2.36 bits per heavy atom. The Kier molecular flexibility index (Phi) is 6.22. The SMILES string of the molecule is CC(C)(C)OC(=O)N1C[C@@H]2C[C@H]1CN2C1CCNc2c1nn(-c1ccc(Oc3ccccc3)cc1)c2C(N)=O. The number of carbonyl (C=O) groups is 2. The Hall–Kier alpha value is -4.05. The van der Waals surface area contributed by atoms with Gasteiger partial charge in [0.15, 0.2) is 5.69 Å². The molecule has 2 fully saturated rings. The van der Waals surface area contributed by atoms with E-state index in [4.69, 9.17) is 20.3 Å². The lowest BCUT2D eigenvalue weighted by Gasteiger charge is -2.40. The molecule has 204 valence electrons. The number of ether oxygens (including phenoxy) is 2. The van der Waals surface area contributed by atoms with Gasteiger partial charge in [-0.25, -0.2) is 9.48 Å². The molecule has 2 saturated heterocycles. The molecule has 2 bridgehead atoms. The normalized spacial score (nSPS) is 22.3. The molecule has 1 unspecified atom stereocenters. The number of amides is 2. The summed E-state index contributed by atoms with van der Waals surface area (Å²) in [5.41, 5.74) is 7.92. The Labute approximate surface area is 227 Å². The molecular formula is C29H34N6O4. The standard InChI is InChI=1S/C29H34N6O4/c1-29(2,3)39-28(37)34-17-19-15-20(34)16-33(19)23-13-14-31-25-24(23)32-35(26(25)27(30)36)18-9-11-22(12-10-18)38-21-7-5-4-6-8-21/h4-12,19-20,23,31H,13-17H2,1-3H3,(H2,30,36)/t19-,20-,23?/m0/s1. The highest BCUT2D eigenvalue weighted by Gasteiger charge is 2.50. The van der Waals surface area contributed by atoms with Gasteiger partial charge in [0.25, 0.3) is 5.91 Å². The molecule has 3 aliphatic rings. The van der Waals surface area contributed by atoms with Gasteiger partial charge >= 0.3 is 6.09 Å². The van der Waals surface area contributed by atoms with Crippen LogP contribution in [0.1, 0.15) is 55.8 Å². The van der Waals surface area contributed by atoms with Gasteiger partial charge in [0.2, 0.25) is 0 Å². The number of anilines is 1. The molecule has 4 heterocycles. The number of carbonyl (C=O) groups excluding carboxylic acids is 2. The van der Waals surface area contributed by atoms with Gasteiger partial charge in [-0.05, 0) is 70.0 Å². The first-order chi connectivity index (χ1) is 18.7. The molecule has 0 aliphatic carbocycles. The maximum absolute atomic E-state index is 12.7. The average molecular weight is 531 g/mol. The zero-order valence-corrected chi connectivity index (χ0v) is 22.5. The zero-order chi connectivity index (χ0) is 27.3. The van der Waals surface area contributed by atoms with Crippen LogP contribution in [0.3, 0.4) is 0 Å². The number of likely N-dealkylation sites (tertiary alicyclic amines) is 2. The number of nitrogens with zero attached hydrogens (tertiary/aromatic N) is 4. The highest BCUT2D eigenvalue weighted by Crippen LogP contribution is 2.43. The van der Waals surface area contributed by atoms with Crippen molar-refractivity contribution in [1.29, 1.82) is 0 Å². The number of nitrogens with two attached hydrogens (primary N) is 1. The van der Waals surface area contributed by atoms with E-state index in [0.29, 0.717) is 30.2 Å². The maximum Gasteiger partial charge on any atom is 0.410 e. The summed E-state index contributed by atoms with van der Waals surface area (Å²) in [6, 6.07) is 17.4. The second-order valence-electron chi connectivity index (χ2n) is 11.4. The lowest BCUT2D eigenvalue weighted by molar-refractivity contribution is 0.00821. The van der Waals surface area contributed by atoms with Gasteiger partial charge in [0.05, 0.1) is 17.4 Å². The smallest absolute Gasteiger partial charge is 0.410 e. The van der Waals surface area contributed by atoms with Crippen molar-refractivity contribution < 1.29 is 19.1 Å². The predicted molar refractivity (Wildman–Crippen MR) is 146 cm³/mol. The number of piperazine rings is 1. The fourth-order valence-corrected chi connectivity index (χ4v) is 5.95. The largest absolute Gasteiger partial charge is 0.457 e. The minimum Gasteiger partial charge on any atom is -0.457 e. The molecule has 0 radical (unpaired) electrons. The van der Waals surface area contributed by atoms with Crippen molar-refractivity contribution in [3.05, 3.63) is 66.0 Å². The van der Waals surface area contributed by atoms with Gasteiger partial charge in [0, 0.05) is 31.7 Å². The number of aromatic nitrogens is 2. The molecule has 6 rings (SSSR count). The molecule has 2 aromatic carbocycles. The van der Waals surface area contributed by atoms with Crippen molar-refractivity contribution in [2.45, 2.75) is 57.3 Å². The van der Waals surface area contributed by atoms with Gasteiger partial charge in [-0.2, -0.15) is 5.10 Å². The van der Waals surface area contributed by atoms with Crippen LogP contribution in [-0.4, -0.2) is 68.9 Å². The second-order valence-corrected chi connectivity index (χ2v) is 11.4. The van der Waals surface area contributed by atoms with Gasteiger partial charge in [-0.1, -0.05) is 18.2 Å². The Morgan fingerprint density at radius 1 is 1.00 bits per heavy atom. The number of nitrogens with one attached hydrogen (secondary N) is 1. The quantitative estimate of drug-likeness (QED) is 0.505. The lowest BCUT2D eigenvalue weighted by Crippen LogP contribution is -2.51. The molecular weight excluding hydrogens is 496 g/mol. The molecule has 39 heavy (non-hydrogen) atoms. The van der Waals surface area contributed by atoms with E-state index in [-0.39, 0.29) is 24.2 Å². The molecule has 10 nitrogen and oxygen atoms in total. The van der Waals surface area contributed by atoms with Crippen LogP contribution in [0.25, 0.3) is 5.69 Å². The van der Waals surface area contributed by atoms with E-state index in [9.17, 15) is 9.59 Å². The summed E-state index contributed by atoms with van der Waals surface area (Å²) in [7, 11) is 0. The molecule has 3 N–H and O–H groups in total. The van der Waals surface area contributed by atoms with E-state index < -0.39 is 11.5 Å². The number of hydrogen-bond donors (Lipinski definition) is 2. The van der Waals surface area contributed by atoms with E-state index in [2.05, 4.69) is 10.2 Å². The van der Waals surface area contributed by atoms with Crippen molar-refractivity contribution in [2.24, 2.45) is 5.73 Å². The number of primary amides is 1. The van der Waals surface area contributed by atoms with E-state index in [1.165, 1.54) is 0 Å². The zero-order valence-electron chi connectivity index (χ0n) is 22.5.